The molecule has 1 aromatic carbocycles. The molecule has 1 aliphatic rings. The van der Waals surface area contributed by atoms with Gasteiger partial charge in [-0.3, -0.25) is 0 Å². The average Bonchev–Trinajstić information content (AvgIpc) is 2.39. The molecule has 0 saturated heterocycles. The normalized spacial score (nSPS) is 25.1. The third-order valence-electron chi connectivity index (χ3n) is 3.69. The van der Waals surface area contributed by atoms with Gasteiger partial charge >= 0.3 is 0 Å². The van der Waals surface area contributed by atoms with Crippen LogP contribution in [0.4, 0.5) is 0 Å². The number of hydrogen-bond donors (Lipinski definition) is 0. The van der Waals surface area contributed by atoms with Crippen molar-refractivity contribution in [1.82, 2.24) is 0 Å². The Morgan fingerprint density at radius 2 is 1.75 bits per heavy atom. The minimum Gasteiger partial charge on any atom is -0.497 e. The lowest BCUT2D eigenvalue weighted by Gasteiger charge is -2.26. The summed E-state index contributed by atoms with van der Waals surface area (Å²) in [6, 6.07) is 8.54. The largest absolute Gasteiger partial charge is 0.497 e. The minimum atomic E-state index is 0.738. The predicted octanol–water partition coefficient (Wildman–Crippen LogP) is 4.16. The van der Waals surface area contributed by atoms with Gasteiger partial charge in [-0.25, -0.2) is 0 Å². The van der Waals surface area contributed by atoms with E-state index in [4.69, 9.17) is 4.74 Å². The van der Waals surface area contributed by atoms with E-state index in [0.717, 1.165) is 17.6 Å². The van der Waals surface area contributed by atoms with E-state index < -0.39 is 0 Å². The molecule has 0 aromatic heterocycles. The highest BCUT2D eigenvalue weighted by Gasteiger charge is 2.20. The van der Waals surface area contributed by atoms with Crippen LogP contribution in [-0.2, 0) is 0 Å². The fourth-order valence-corrected chi connectivity index (χ4v) is 2.56. The lowest BCUT2D eigenvalue weighted by Crippen LogP contribution is -2.11. The van der Waals surface area contributed by atoms with Crippen LogP contribution < -0.4 is 4.74 Å². The van der Waals surface area contributed by atoms with Crippen LogP contribution in [0.5, 0.6) is 5.75 Å². The van der Waals surface area contributed by atoms with Gasteiger partial charge in [0, 0.05) is 0 Å². The first-order valence-corrected chi connectivity index (χ1v) is 6.10. The molecule has 0 aliphatic heterocycles. The zero-order chi connectivity index (χ0) is 11.4. The quantitative estimate of drug-likeness (QED) is 0.689. The van der Waals surface area contributed by atoms with Crippen molar-refractivity contribution < 1.29 is 4.74 Å². The third kappa shape index (κ3) is 2.46. The Kier molecular flexibility index (Phi) is 3.66. The fraction of sp³-hybridized carbons (Fsp3) is 0.467. The molecule has 2 rings (SSSR count). The molecule has 1 saturated carbocycles. The fourth-order valence-electron chi connectivity index (χ4n) is 2.56. The molecule has 16 heavy (non-hydrogen) atoms. The van der Waals surface area contributed by atoms with Crippen LogP contribution in [0.2, 0.25) is 0 Å². The van der Waals surface area contributed by atoms with E-state index in [-0.39, 0.29) is 0 Å². The van der Waals surface area contributed by atoms with Gasteiger partial charge < -0.3 is 4.74 Å². The Labute approximate surface area is 98.1 Å². The Bertz CT molecular complexity index is 331. The molecule has 0 N–H and O–H groups in total. The highest BCUT2D eigenvalue weighted by atomic mass is 16.5. The number of allylic oxidation sites excluding steroid dienone is 1. The summed E-state index contributed by atoms with van der Waals surface area (Å²) in [5.41, 5.74) is 1.46. The SMILES string of the molecule is C=CC1CCC(c2ccc(OC)cc2)CC1. The zero-order valence-corrected chi connectivity index (χ0v) is 9.99. The second-order valence-electron chi connectivity index (χ2n) is 4.62. The highest BCUT2D eigenvalue weighted by Crippen LogP contribution is 2.36. The van der Waals surface area contributed by atoms with Crippen molar-refractivity contribution in [2.24, 2.45) is 5.92 Å². The van der Waals surface area contributed by atoms with Gasteiger partial charge in [-0.05, 0) is 55.2 Å². The van der Waals surface area contributed by atoms with Crippen molar-refractivity contribution in [2.45, 2.75) is 31.6 Å². The molecule has 1 fully saturated rings. The Balaban J connectivity index is 1.99. The summed E-state index contributed by atoms with van der Waals surface area (Å²) in [7, 11) is 1.71. The number of ether oxygens (including phenoxy) is 1. The van der Waals surface area contributed by atoms with Gasteiger partial charge in [0.1, 0.15) is 5.75 Å². The number of rotatable bonds is 3. The molecule has 1 nitrogen and oxygen atoms in total. The first-order chi connectivity index (χ1) is 7.83. The molecule has 0 spiro atoms. The smallest absolute Gasteiger partial charge is 0.118 e. The molecule has 1 aliphatic carbocycles. The van der Waals surface area contributed by atoms with E-state index in [0.29, 0.717) is 0 Å². The molecule has 1 heteroatoms. The Hall–Kier alpha value is -1.24. The molecular weight excluding hydrogens is 196 g/mol. The van der Waals surface area contributed by atoms with E-state index >= 15 is 0 Å². The van der Waals surface area contributed by atoms with Gasteiger partial charge in [0.25, 0.3) is 0 Å². The first-order valence-electron chi connectivity index (χ1n) is 6.10. The molecule has 86 valence electrons. The van der Waals surface area contributed by atoms with Crippen LogP contribution in [-0.4, -0.2) is 7.11 Å². The third-order valence-corrected chi connectivity index (χ3v) is 3.69. The maximum atomic E-state index is 5.18. The van der Waals surface area contributed by atoms with Crippen LogP contribution in [0.15, 0.2) is 36.9 Å². The van der Waals surface area contributed by atoms with Crippen LogP contribution in [0.1, 0.15) is 37.2 Å². The van der Waals surface area contributed by atoms with Gasteiger partial charge in [-0.1, -0.05) is 18.2 Å². The van der Waals surface area contributed by atoms with E-state index in [1.165, 1.54) is 31.2 Å². The zero-order valence-electron chi connectivity index (χ0n) is 9.99. The van der Waals surface area contributed by atoms with Crippen molar-refractivity contribution >= 4 is 0 Å². The van der Waals surface area contributed by atoms with Crippen LogP contribution >= 0.6 is 0 Å². The average molecular weight is 216 g/mol. The van der Waals surface area contributed by atoms with E-state index in [1.54, 1.807) is 7.11 Å². The van der Waals surface area contributed by atoms with Gasteiger partial charge in [0.2, 0.25) is 0 Å². The van der Waals surface area contributed by atoms with Crippen LogP contribution in [0, 0.1) is 5.92 Å². The molecule has 1 aromatic rings. The predicted molar refractivity (Wildman–Crippen MR) is 67.9 cm³/mol. The van der Waals surface area contributed by atoms with Crippen molar-refractivity contribution in [3.63, 3.8) is 0 Å². The Morgan fingerprint density at radius 3 is 2.25 bits per heavy atom. The Morgan fingerprint density at radius 1 is 1.12 bits per heavy atom. The van der Waals surface area contributed by atoms with Crippen LogP contribution in [0.25, 0.3) is 0 Å². The molecule has 0 amide bonds. The monoisotopic (exact) mass is 216 g/mol. The first kappa shape index (κ1) is 11.3. The van der Waals surface area contributed by atoms with Gasteiger partial charge in [-0.15, -0.1) is 6.58 Å². The molecule has 0 heterocycles. The van der Waals surface area contributed by atoms with E-state index in [9.17, 15) is 0 Å². The molecular formula is C15H20O. The number of benzene rings is 1. The van der Waals surface area contributed by atoms with Gasteiger partial charge in [0.05, 0.1) is 7.11 Å². The molecule has 0 radical (unpaired) electrons. The molecule has 0 atom stereocenters. The standard InChI is InChI=1S/C15H20O/c1-3-12-4-6-13(7-5-12)14-8-10-15(16-2)11-9-14/h3,8-13H,1,4-7H2,2H3. The van der Waals surface area contributed by atoms with E-state index in [1.807, 2.05) is 0 Å². The van der Waals surface area contributed by atoms with Gasteiger partial charge in [-0.2, -0.15) is 0 Å². The van der Waals surface area contributed by atoms with E-state index in [2.05, 4.69) is 36.9 Å². The van der Waals surface area contributed by atoms with Gasteiger partial charge in [0.15, 0.2) is 0 Å². The van der Waals surface area contributed by atoms with Crippen molar-refractivity contribution in [3.8, 4) is 5.75 Å². The summed E-state index contributed by atoms with van der Waals surface area (Å²) >= 11 is 0. The summed E-state index contributed by atoms with van der Waals surface area (Å²) in [6.45, 7) is 3.89. The minimum absolute atomic E-state index is 0.738. The highest BCUT2D eigenvalue weighted by molar-refractivity contribution is 5.29. The second kappa shape index (κ2) is 5.20. The topological polar surface area (TPSA) is 9.23 Å². The van der Waals surface area contributed by atoms with Crippen molar-refractivity contribution in [2.75, 3.05) is 7.11 Å². The lowest BCUT2D eigenvalue weighted by atomic mass is 9.79. The summed E-state index contributed by atoms with van der Waals surface area (Å²) in [6.07, 6.45) is 7.29. The maximum Gasteiger partial charge on any atom is 0.118 e. The summed E-state index contributed by atoms with van der Waals surface area (Å²) < 4.78 is 5.18. The number of methoxy groups -OCH3 is 1. The van der Waals surface area contributed by atoms with Crippen LogP contribution in [0.3, 0.4) is 0 Å². The summed E-state index contributed by atoms with van der Waals surface area (Å²) in [4.78, 5) is 0. The number of hydrogen-bond acceptors (Lipinski definition) is 1. The summed E-state index contributed by atoms with van der Waals surface area (Å²) in [5, 5.41) is 0. The van der Waals surface area contributed by atoms with Crippen molar-refractivity contribution in [3.05, 3.63) is 42.5 Å². The maximum absolute atomic E-state index is 5.18. The summed E-state index contributed by atoms with van der Waals surface area (Å²) in [5.74, 6) is 2.43. The molecule has 0 bridgehead atoms. The molecule has 0 unspecified atom stereocenters. The lowest BCUT2D eigenvalue weighted by molar-refractivity contribution is 0.375. The second-order valence-corrected chi connectivity index (χ2v) is 4.62. The van der Waals surface area contributed by atoms with Crippen molar-refractivity contribution in [1.29, 1.82) is 0 Å².